The van der Waals surface area contributed by atoms with Gasteiger partial charge < -0.3 is 9.13 Å². The van der Waals surface area contributed by atoms with Gasteiger partial charge in [0.15, 0.2) is 5.82 Å². The molecule has 4 heterocycles. The molecular weight excluding hydrogens is 767 g/mol. The molecule has 0 atom stereocenters. The van der Waals surface area contributed by atoms with Gasteiger partial charge in [-0.15, -0.1) is 0 Å². The van der Waals surface area contributed by atoms with Crippen molar-refractivity contribution in [2.75, 3.05) is 0 Å². The van der Waals surface area contributed by atoms with E-state index in [0.29, 0.717) is 0 Å². The van der Waals surface area contributed by atoms with Gasteiger partial charge in [-0.25, -0.2) is 9.97 Å². The van der Waals surface area contributed by atoms with Gasteiger partial charge in [0.2, 0.25) is 0 Å². The lowest BCUT2D eigenvalue weighted by Gasteiger charge is -2.15. The molecule has 5 nitrogen and oxygen atoms in total. The van der Waals surface area contributed by atoms with Crippen molar-refractivity contribution in [1.29, 1.82) is 0 Å². The summed E-state index contributed by atoms with van der Waals surface area (Å²) >= 11 is 0. The molecule has 0 saturated heterocycles. The number of hydrogen-bond donors (Lipinski definition) is 0. The van der Waals surface area contributed by atoms with E-state index in [4.69, 9.17) is 9.97 Å². The van der Waals surface area contributed by atoms with Crippen molar-refractivity contribution in [2.24, 2.45) is 0 Å². The third kappa shape index (κ3) is 4.93. The maximum absolute atomic E-state index is 5.59. The second-order valence-corrected chi connectivity index (χ2v) is 16.6. The van der Waals surface area contributed by atoms with E-state index in [1.54, 1.807) is 0 Å². The molecule has 0 amide bonds. The van der Waals surface area contributed by atoms with Crippen LogP contribution in [0.1, 0.15) is 0 Å². The van der Waals surface area contributed by atoms with E-state index in [0.717, 1.165) is 61.4 Å². The molecule has 292 valence electrons. The fourth-order valence-electron chi connectivity index (χ4n) is 10.4. The third-order valence-corrected chi connectivity index (χ3v) is 13.2. The highest BCUT2D eigenvalue weighted by Crippen LogP contribution is 2.42. The Labute approximate surface area is 360 Å². The average molecular weight is 802 g/mol. The van der Waals surface area contributed by atoms with Crippen molar-refractivity contribution in [3.8, 4) is 28.5 Å². The lowest BCUT2D eigenvalue weighted by molar-refractivity contribution is 1.08. The minimum atomic E-state index is 0.792. The predicted molar refractivity (Wildman–Crippen MR) is 263 cm³/mol. The van der Waals surface area contributed by atoms with Crippen LogP contribution in [-0.2, 0) is 0 Å². The molecule has 63 heavy (non-hydrogen) atoms. The molecule has 14 rings (SSSR count). The molecule has 0 fully saturated rings. The average Bonchev–Trinajstić information content (AvgIpc) is 3.98. The topological polar surface area (TPSA) is 40.6 Å². The molecule has 0 N–H and O–H groups in total. The molecule has 0 aliphatic heterocycles. The molecule has 10 aromatic carbocycles. The van der Waals surface area contributed by atoms with Crippen LogP contribution in [0.15, 0.2) is 212 Å². The van der Waals surface area contributed by atoms with Gasteiger partial charge in [-0.3, -0.25) is 4.57 Å². The largest absolute Gasteiger partial charge is 0.309 e. The highest BCUT2D eigenvalue weighted by molar-refractivity contribution is 6.20. The highest BCUT2D eigenvalue weighted by Gasteiger charge is 2.23. The Hall–Kier alpha value is -8.54. The Morgan fingerprint density at radius 1 is 0.286 bits per heavy atom. The smallest absolute Gasteiger partial charge is 0.165 e. The van der Waals surface area contributed by atoms with Crippen molar-refractivity contribution in [3.63, 3.8) is 0 Å². The SMILES string of the molecule is c1ccc(-n2c3ccccc3c3cc(-c4nc5ccccc5nc4-n4c5cc(-n6c7ccccc7c7ccc8ccccc8c76)ccc5c5cc6ccccc6cc54)ccc32)cc1. The van der Waals surface area contributed by atoms with Crippen molar-refractivity contribution in [3.05, 3.63) is 212 Å². The monoisotopic (exact) mass is 801 g/mol. The first-order valence-electron chi connectivity index (χ1n) is 21.5. The number of hydrogen-bond acceptors (Lipinski definition) is 2. The first-order valence-corrected chi connectivity index (χ1v) is 21.5. The van der Waals surface area contributed by atoms with E-state index in [1.807, 2.05) is 6.07 Å². The predicted octanol–water partition coefficient (Wildman–Crippen LogP) is 14.9. The minimum absolute atomic E-state index is 0.792. The summed E-state index contributed by atoms with van der Waals surface area (Å²) in [6.07, 6.45) is 0. The Morgan fingerprint density at radius 3 is 1.67 bits per heavy atom. The molecular formula is C58H35N5. The lowest BCUT2D eigenvalue weighted by atomic mass is 10.1. The first-order chi connectivity index (χ1) is 31.2. The molecule has 0 spiro atoms. The van der Waals surface area contributed by atoms with Crippen LogP contribution >= 0.6 is 0 Å². The molecule has 4 aromatic heterocycles. The van der Waals surface area contributed by atoms with E-state index in [9.17, 15) is 0 Å². The molecule has 14 aromatic rings. The van der Waals surface area contributed by atoms with Crippen LogP contribution in [0, 0.1) is 0 Å². The minimum Gasteiger partial charge on any atom is -0.309 e. The Kier molecular flexibility index (Phi) is 7.05. The summed E-state index contributed by atoms with van der Waals surface area (Å²) in [5, 5.41) is 12.0. The normalized spacial score (nSPS) is 12.1. The number of rotatable bonds is 4. The second-order valence-electron chi connectivity index (χ2n) is 16.6. The summed E-state index contributed by atoms with van der Waals surface area (Å²) in [6.45, 7) is 0. The van der Waals surface area contributed by atoms with Gasteiger partial charge in [-0.2, -0.15) is 0 Å². The van der Waals surface area contributed by atoms with Gasteiger partial charge in [0.25, 0.3) is 0 Å². The summed E-state index contributed by atoms with van der Waals surface area (Å²) < 4.78 is 7.19. The number of benzene rings is 10. The molecule has 0 saturated carbocycles. The van der Waals surface area contributed by atoms with E-state index < -0.39 is 0 Å². The van der Waals surface area contributed by atoms with Gasteiger partial charge >= 0.3 is 0 Å². The summed E-state index contributed by atoms with van der Waals surface area (Å²) in [7, 11) is 0. The maximum atomic E-state index is 5.59. The highest BCUT2D eigenvalue weighted by atomic mass is 15.1. The fraction of sp³-hybridized carbons (Fsp3) is 0. The quantitative estimate of drug-likeness (QED) is 0.178. The third-order valence-electron chi connectivity index (χ3n) is 13.2. The summed E-state index contributed by atoms with van der Waals surface area (Å²) in [6, 6.07) is 76.7. The Balaban J connectivity index is 1.10. The van der Waals surface area contributed by atoms with Crippen molar-refractivity contribution in [1.82, 2.24) is 23.7 Å². The summed E-state index contributed by atoms with van der Waals surface area (Å²) in [5.41, 5.74) is 12.6. The molecule has 0 bridgehead atoms. The van der Waals surface area contributed by atoms with Crippen LogP contribution in [0.25, 0.3) is 126 Å². The van der Waals surface area contributed by atoms with Crippen molar-refractivity contribution < 1.29 is 0 Å². The van der Waals surface area contributed by atoms with E-state index >= 15 is 0 Å². The van der Waals surface area contributed by atoms with Crippen LogP contribution < -0.4 is 0 Å². The number of fused-ring (bicyclic) bond motifs is 13. The first kappa shape index (κ1) is 34.2. The second kappa shape index (κ2) is 13.0. The van der Waals surface area contributed by atoms with Crippen LogP contribution in [-0.4, -0.2) is 23.7 Å². The zero-order valence-electron chi connectivity index (χ0n) is 33.9. The Morgan fingerprint density at radius 2 is 0.857 bits per heavy atom. The number of para-hydroxylation sites is 5. The van der Waals surface area contributed by atoms with Crippen LogP contribution in [0.5, 0.6) is 0 Å². The lowest BCUT2D eigenvalue weighted by Crippen LogP contribution is -2.04. The van der Waals surface area contributed by atoms with Crippen molar-refractivity contribution in [2.45, 2.75) is 0 Å². The molecule has 0 unspecified atom stereocenters. The fourth-order valence-corrected chi connectivity index (χ4v) is 10.4. The maximum Gasteiger partial charge on any atom is 0.165 e. The van der Waals surface area contributed by atoms with Gasteiger partial charge in [-0.05, 0) is 89.0 Å². The molecule has 0 aliphatic rings. The molecule has 5 heteroatoms. The summed E-state index contributed by atoms with van der Waals surface area (Å²) in [4.78, 5) is 11.1. The van der Waals surface area contributed by atoms with E-state index in [1.165, 1.54) is 65.0 Å². The van der Waals surface area contributed by atoms with Crippen LogP contribution in [0.4, 0.5) is 0 Å². The standard InChI is InChI=1S/C58H35N5/c1-2-17-40(18-3-1)61-51-24-12-9-21-44(51)47-33-39(27-31-53(47)61)56-58(60-50-23-11-10-22-49(50)59-56)63-54-34-38-16-5-4-15-37(38)32-48(54)45-30-28-41(35-55(45)63)62-52-25-13-8-20-43(52)46-29-26-36-14-6-7-19-42(36)57(46)62/h1-35H. The van der Waals surface area contributed by atoms with Gasteiger partial charge in [0, 0.05) is 54.6 Å². The number of aromatic nitrogens is 5. The van der Waals surface area contributed by atoms with Crippen LogP contribution in [0.2, 0.25) is 0 Å². The van der Waals surface area contributed by atoms with Gasteiger partial charge in [0.05, 0.1) is 44.1 Å². The molecule has 0 radical (unpaired) electrons. The molecule has 0 aliphatic carbocycles. The van der Waals surface area contributed by atoms with E-state index in [-0.39, 0.29) is 0 Å². The van der Waals surface area contributed by atoms with Gasteiger partial charge in [-0.1, -0.05) is 140 Å². The zero-order chi connectivity index (χ0) is 41.2. The van der Waals surface area contributed by atoms with E-state index in [2.05, 4.69) is 220 Å². The van der Waals surface area contributed by atoms with Crippen LogP contribution in [0.3, 0.4) is 0 Å². The van der Waals surface area contributed by atoms with Crippen molar-refractivity contribution >= 4 is 98.0 Å². The Bertz CT molecular complexity index is 4210. The summed E-state index contributed by atoms with van der Waals surface area (Å²) in [5.74, 6) is 0.792. The zero-order valence-corrected chi connectivity index (χ0v) is 33.9. The number of nitrogens with zero attached hydrogens (tertiary/aromatic N) is 5. The van der Waals surface area contributed by atoms with Gasteiger partial charge in [0.1, 0.15) is 5.69 Å².